The highest BCUT2D eigenvalue weighted by molar-refractivity contribution is 5.77. The highest BCUT2D eigenvalue weighted by atomic mass is 16.2. The van der Waals surface area contributed by atoms with E-state index < -0.39 is 0 Å². The van der Waals surface area contributed by atoms with Gasteiger partial charge in [-0.15, -0.1) is 0 Å². The summed E-state index contributed by atoms with van der Waals surface area (Å²) in [6.45, 7) is 5.11. The largest absolute Gasteiger partial charge is 0.344 e. The van der Waals surface area contributed by atoms with Crippen LogP contribution in [0.1, 0.15) is 32.6 Å². The average molecular weight is 237 g/mol. The Morgan fingerprint density at radius 3 is 2.65 bits per heavy atom. The second kappa shape index (κ2) is 7.29. The number of rotatable bonds is 7. The Balaban J connectivity index is 2.28. The van der Waals surface area contributed by atoms with E-state index in [1.165, 1.54) is 19.3 Å². The van der Waals surface area contributed by atoms with E-state index in [-0.39, 0.29) is 5.91 Å². The highest BCUT2D eigenvalue weighted by Gasteiger charge is 2.21. The molecule has 0 bridgehead atoms. The molecule has 1 saturated carbocycles. The standard InChI is InChI=1S/C13H23N3O/c1-3-16(10-12-6-4-7-12)11-13(17)15(2)9-5-8-14/h12H,3-7,9-11H2,1-2H3. The number of amides is 1. The zero-order chi connectivity index (χ0) is 12.7. The topological polar surface area (TPSA) is 47.3 Å². The lowest BCUT2D eigenvalue weighted by molar-refractivity contribution is -0.131. The molecule has 0 aliphatic heterocycles. The summed E-state index contributed by atoms with van der Waals surface area (Å²) in [5.74, 6) is 0.925. The smallest absolute Gasteiger partial charge is 0.236 e. The van der Waals surface area contributed by atoms with Gasteiger partial charge >= 0.3 is 0 Å². The van der Waals surface area contributed by atoms with Gasteiger partial charge in [0, 0.05) is 20.1 Å². The second-order valence-electron chi connectivity index (χ2n) is 4.85. The van der Waals surface area contributed by atoms with Crippen molar-refractivity contribution in [3.8, 4) is 6.07 Å². The number of nitriles is 1. The molecule has 0 aromatic carbocycles. The molecule has 0 heterocycles. The molecule has 0 aromatic heterocycles. The Bertz CT molecular complexity index is 281. The molecule has 4 nitrogen and oxygen atoms in total. The molecule has 0 aromatic rings. The molecule has 1 aliphatic rings. The fourth-order valence-electron chi connectivity index (χ4n) is 2.00. The van der Waals surface area contributed by atoms with Crippen LogP contribution in [0.15, 0.2) is 0 Å². The predicted octanol–water partition coefficient (Wildman–Crippen LogP) is 1.48. The molecule has 1 fully saturated rings. The van der Waals surface area contributed by atoms with Gasteiger partial charge in [0.25, 0.3) is 0 Å². The molecule has 1 rings (SSSR count). The van der Waals surface area contributed by atoms with E-state index in [9.17, 15) is 4.79 Å². The Morgan fingerprint density at radius 1 is 1.47 bits per heavy atom. The first-order chi connectivity index (χ1) is 8.17. The molecular weight excluding hydrogens is 214 g/mol. The minimum absolute atomic E-state index is 0.126. The summed E-state index contributed by atoms with van der Waals surface area (Å²) in [5.41, 5.74) is 0. The van der Waals surface area contributed by atoms with Gasteiger partial charge in [-0.05, 0) is 25.3 Å². The van der Waals surface area contributed by atoms with Crippen LogP contribution < -0.4 is 0 Å². The van der Waals surface area contributed by atoms with E-state index in [1.807, 2.05) is 0 Å². The fraction of sp³-hybridized carbons (Fsp3) is 0.846. The maximum atomic E-state index is 11.9. The summed E-state index contributed by atoms with van der Waals surface area (Å²) in [6.07, 6.45) is 4.39. The number of nitrogens with zero attached hydrogens (tertiary/aromatic N) is 3. The maximum Gasteiger partial charge on any atom is 0.236 e. The number of carbonyl (C=O) groups excluding carboxylic acids is 1. The van der Waals surface area contributed by atoms with Crippen LogP contribution in [0, 0.1) is 17.2 Å². The first-order valence-electron chi connectivity index (χ1n) is 6.50. The monoisotopic (exact) mass is 237 g/mol. The van der Waals surface area contributed by atoms with Crippen LogP contribution in [-0.4, -0.2) is 48.9 Å². The SMILES string of the molecule is CCN(CC(=O)N(C)CCC#N)CC1CCC1. The highest BCUT2D eigenvalue weighted by Crippen LogP contribution is 2.26. The van der Waals surface area contributed by atoms with Gasteiger partial charge in [-0.25, -0.2) is 0 Å². The van der Waals surface area contributed by atoms with Crippen LogP contribution in [0.3, 0.4) is 0 Å². The number of hydrogen-bond donors (Lipinski definition) is 0. The third-order valence-electron chi connectivity index (χ3n) is 3.53. The summed E-state index contributed by atoms with van der Waals surface area (Å²) < 4.78 is 0. The Hall–Kier alpha value is -1.08. The summed E-state index contributed by atoms with van der Waals surface area (Å²) in [6, 6.07) is 2.06. The third kappa shape index (κ3) is 4.74. The maximum absolute atomic E-state index is 11.9. The van der Waals surface area contributed by atoms with Crippen molar-refractivity contribution in [2.75, 3.05) is 33.2 Å². The van der Waals surface area contributed by atoms with Crippen molar-refractivity contribution in [3.63, 3.8) is 0 Å². The van der Waals surface area contributed by atoms with Crippen LogP contribution in [0.5, 0.6) is 0 Å². The summed E-state index contributed by atoms with van der Waals surface area (Å²) in [4.78, 5) is 15.8. The van der Waals surface area contributed by atoms with E-state index in [2.05, 4.69) is 17.9 Å². The molecule has 1 amide bonds. The number of hydrogen-bond acceptors (Lipinski definition) is 3. The lowest BCUT2D eigenvalue weighted by Crippen LogP contribution is -2.41. The molecule has 0 N–H and O–H groups in total. The molecule has 17 heavy (non-hydrogen) atoms. The van der Waals surface area contributed by atoms with Gasteiger partial charge < -0.3 is 4.90 Å². The van der Waals surface area contributed by atoms with Crippen LogP contribution in [-0.2, 0) is 4.79 Å². The van der Waals surface area contributed by atoms with E-state index in [1.54, 1.807) is 11.9 Å². The zero-order valence-corrected chi connectivity index (χ0v) is 11.0. The van der Waals surface area contributed by atoms with Crippen molar-refractivity contribution in [3.05, 3.63) is 0 Å². The van der Waals surface area contributed by atoms with Crippen LogP contribution in [0.2, 0.25) is 0 Å². The molecule has 96 valence electrons. The summed E-state index contributed by atoms with van der Waals surface area (Å²) in [7, 11) is 1.77. The third-order valence-corrected chi connectivity index (χ3v) is 3.53. The molecule has 0 spiro atoms. The van der Waals surface area contributed by atoms with Crippen molar-refractivity contribution >= 4 is 5.91 Å². The minimum atomic E-state index is 0.126. The normalized spacial score (nSPS) is 15.4. The van der Waals surface area contributed by atoms with Crippen LogP contribution >= 0.6 is 0 Å². The Labute approximate surface area is 104 Å². The van der Waals surface area contributed by atoms with E-state index in [0.717, 1.165) is 19.0 Å². The quantitative estimate of drug-likeness (QED) is 0.674. The zero-order valence-electron chi connectivity index (χ0n) is 11.0. The van der Waals surface area contributed by atoms with E-state index >= 15 is 0 Å². The minimum Gasteiger partial charge on any atom is -0.344 e. The number of likely N-dealkylation sites (N-methyl/N-ethyl adjacent to an activating group) is 2. The van der Waals surface area contributed by atoms with Crippen molar-refractivity contribution in [1.82, 2.24) is 9.80 Å². The Morgan fingerprint density at radius 2 is 2.18 bits per heavy atom. The van der Waals surface area contributed by atoms with Crippen molar-refractivity contribution in [1.29, 1.82) is 5.26 Å². The van der Waals surface area contributed by atoms with Gasteiger partial charge in [0.1, 0.15) is 0 Å². The van der Waals surface area contributed by atoms with Crippen LogP contribution in [0.25, 0.3) is 0 Å². The van der Waals surface area contributed by atoms with Gasteiger partial charge in [0.15, 0.2) is 0 Å². The van der Waals surface area contributed by atoms with Gasteiger partial charge in [-0.1, -0.05) is 13.3 Å². The lowest BCUT2D eigenvalue weighted by atomic mass is 9.85. The Kier molecular flexibility index (Phi) is 5.99. The van der Waals surface area contributed by atoms with Crippen molar-refractivity contribution in [2.24, 2.45) is 5.92 Å². The van der Waals surface area contributed by atoms with E-state index in [4.69, 9.17) is 5.26 Å². The molecule has 0 unspecified atom stereocenters. The first kappa shape index (κ1) is 14.0. The molecule has 0 radical (unpaired) electrons. The molecule has 0 saturated heterocycles. The van der Waals surface area contributed by atoms with Gasteiger partial charge in [-0.2, -0.15) is 5.26 Å². The molecule has 0 atom stereocenters. The number of carbonyl (C=O) groups is 1. The predicted molar refractivity (Wildman–Crippen MR) is 67.3 cm³/mol. The van der Waals surface area contributed by atoms with Gasteiger partial charge in [0.2, 0.25) is 5.91 Å². The first-order valence-corrected chi connectivity index (χ1v) is 6.50. The lowest BCUT2D eigenvalue weighted by Gasteiger charge is -2.32. The van der Waals surface area contributed by atoms with E-state index in [0.29, 0.717) is 19.5 Å². The summed E-state index contributed by atoms with van der Waals surface area (Å²) in [5, 5.41) is 8.49. The second-order valence-corrected chi connectivity index (χ2v) is 4.85. The van der Waals surface area contributed by atoms with Gasteiger partial charge in [0.05, 0.1) is 19.0 Å². The summed E-state index contributed by atoms with van der Waals surface area (Å²) >= 11 is 0. The fourth-order valence-corrected chi connectivity index (χ4v) is 2.00. The van der Waals surface area contributed by atoms with Crippen molar-refractivity contribution in [2.45, 2.75) is 32.6 Å². The van der Waals surface area contributed by atoms with Crippen LogP contribution in [0.4, 0.5) is 0 Å². The average Bonchev–Trinajstić information content (AvgIpc) is 2.28. The van der Waals surface area contributed by atoms with Crippen molar-refractivity contribution < 1.29 is 4.79 Å². The molecule has 4 heteroatoms. The molecular formula is C13H23N3O. The molecule has 1 aliphatic carbocycles. The van der Waals surface area contributed by atoms with Gasteiger partial charge in [-0.3, -0.25) is 9.69 Å².